The summed E-state index contributed by atoms with van der Waals surface area (Å²) in [6.07, 6.45) is 0. The van der Waals surface area contributed by atoms with Crippen molar-refractivity contribution in [1.29, 1.82) is 0 Å². The fourth-order valence-corrected chi connectivity index (χ4v) is 2.33. The van der Waals surface area contributed by atoms with Crippen LogP contribution < -0.4 is 5.73 Å². The number of hydrogen-bond donors (Lipinski definition) is 1. The summed E-state index contributed by atoms with van der Waals surface area (Å²) in [6, 6.07) is 0. The van der Waals surface area contributed by atoms with E-state index in [4.69, 9.17) is 17.3 Å². The van der Waals surface area contributed by atoms with Gasteiger partial charge in [-0.15, -0.1) is 11.6 Å². The van der Waals surface area contributed by atoms with E-state index >= 15 is 0 Å². The van der Waals surface area contributed by atoms with Crippen LogP contribution in [0, 0.1) is 12.3 Å². The Bertz CT molecular complexity index is 640. The predicted octanol–water partition coefficient (Wildman–Crippen LogP) is 1.33. The lowest BCUT2D eigenvalue weighted by molar-refractivity contribution is -0.126. The minimum atomic E-state index is -0.674. The van der Waals surface area contributed by atoms with E-state index in [1.165, 1.54) is 0 Å². The molecular weight excluding hydrogens is 266 g/mol. The number of nitrogens with zero attached hydrogens (tertiary/aromatic N) is 4. The van der Waals surface area contributed by atoms with Gasteiger partial charge < -0.3 is 10.3 Å². The van der Waals surface area contributed by atoms with Crippen molar-refractivity contribution in [2.45, 2.75) is 33.2 Å². The van der Waals surface area contributed by atoms with Gasteiger partial charge in [-0.1, -0.05) is 0 Å². The molecule has 0 bridgehead atoms. The van der Waals surface area contributed by atoms with Crippen molar-refractivity contribution >= 4 is 28.7 Å². The minimum absolute atomic E-state index is 0.281. The Morgan fingerprint density at radius 2 is 2.11 bits per heavy atom. The van der Waals surface area contributed by atoms with Gasteiger partial charge in [-0.25, -0.2) is 4.98 Å². The van der Waals surface area contributed by atoms with Crippen molar-refractivity contribution in [3.63, 3.8) is 0 Å². The van der Waals surface area contributed by atoms with Gasteiger partial charge in [-0.2, -0.15) is 5.10 Å². The molecule has 0 aromatic carbocycles. The molecule has 1 amide bonds. The molecule has 0 spiro atoms. The third-order valence-electron chi connectivity index (χ3n) is 3.31. The first-order chi connectivity index (χ1) is 8.77. The molecule has 2 N–H and O–H groups in total. The van der Waals surface area contributed by atoms with E-state index < -0.39 is 5.41 Å². The van der Waals surface area contributed by atoms with Gasteiger partial charge in [0.1, 0.15) is 11.3 Å². The Morgan fingerprint density at radius 3 is 2.63 bits per heavy atom. The lowest BCUT2D eigenvalue weighted by Gasteiger charge is -2.22. The summed E-state index contributed by atoms with van der Waals surface area (Å²) < 4.78 is 3.68. The van der Waals surface area contributed by atoms with Crippen molar-refractivity contribution in [3.05, 3.63) is 11.5 Å². The number of hydrogen-bond acceptors (Lipinski definition) is 3. The van der Waals surface area contributed by atoms with Crippen molar-refractivity contribution in [3.8, 4) is 0 Å². The van der Waals surface area contributed by atoms with E-state index in [-0.39, 0.29) is 11.8 Å². The molecule has 2 aromatic heterocycles. The highest BCUT2D eigenvalue weighted by Crippen LogP contribution is 2.25. The first kappa shape index (κ1) is 13.9. The van der Waals surface area contributed by atoms with Gasteiger partial charge in [0.2, 0.25) is 5.91 Å². The monoisotopic (exact) mass is 283 g/mol. The Hall–Kier alpha value is -1.56. The van der Waals surface area contributed by atoms with Gasteiger partial charge in [0.25, 0.3) is 0 Å². The molecule has 0 saturated heterocycles. The zero-order valence-corrected chi connectivity index (χ0v) is 12.3. The molecule has 6 nitrogen and oxygen atoms in total. The second kappa shape index (κ2) is 4.52. The van der Waals surface area contributed by atoms with E-state index in [0.717, 1.165) is 22.7 Å². The molecule has 0 aliphatic rings. The molecule has 0 aliphatic carbocycles. The Balaban J connectivity index is 2.61. The smallest absolute Gasteiger partial charge is 0.224 e. The van der Waals surface area contributed by atoms with Gasteiger partial charge >= 0.3 is 0 Å². The summed E-state index contributed by atoms with van der Waals surface area (Å²) in [4.78, 5) is 16.0. The molecule has 0 unspecified atom stereocenters. The van der Waals surface area contributed by atoms with Crippen LogP contribution in [0.15, 0.2) is 0 Å². The van der Waals surface area contributed by atoms with E-state index in [2.05, 4.69) is 10.1 Å². The lowest BCUT2D eigenvalue weighted by atomic mass is 9.92. The minimum Gasteiger partial charge on any atom is -0.369 e. The number of halogens is 1. The molecule has 2 aromatic rings. The zero-order valence-electron chi connectivity index (χ0n) is 11.6. The summed E-state index contributed by atoms with van der Waals surface area (Å²) in [5.41, 5.74) is 7.29. The summed E-state index contributed by atoms with van der Waals surface area (Å²) in [5, 5.41) is 4.34. The second-order valence-corrected chi connectivity index (χ2v) is 5.64. The van der Waals surface area contributed by atoms with Crippen LogP contribution in [0.25, 0.3) is 11.2 Å². The number of aromatic nitrogens is 4. The Kier molecular flexibility index (Phi) is 3.30. The number of aryl methyl sites for hydroxylation is 2. The van der Waals surface area contributed by atoms with Crippen LogP contribution >= 0.6 is 11.6 Å². The Morgan fingerprint density at radius 1 is 1.47 bits per heavy atom. The maximum atomic E-state index is 11.5. The van der Waals surface area contributed by atoms with E-state index in [1.807, 2.05) is 32.4 Å². The number of alkyl halides is 1. The summed E-state index contributed by atoms with van der Waals surface area (Å²) in [5.74, 6) is 0.652. The first-order valence-electron chi connectivity index (χ1n) is 6.02. The van der Waals surface area contributed by atoms with Crippen molar-refractivity contribution in [2.75, 3.05) is 0 Å². The zero-order chi connectivity index (χ0) is 14.4. The van der Waals surface area contributed by atoms with Gasteiger partial charge in [-0.05, 0) is 20.8 Å². The normalized spacial score (nSPS) is 12.3. The largest absolute Gasteiger partial charge is 0.369 e. The maximum absolute atomic E-state index is 11.5. The molecular formula is C12H18ClN5O. The molecule has 7 heteroatoms. The quantitative estimate of drug-likeness (QED) is 0.860. The third kappa shape index (κ3) is 2.20. The van der Waals surface area contributed by atoms with Gasteiger partial charge in [0.05, 0.1) is 17.0 Å². The number of fused-ring (bicyclic) bond motifs is 1. The topological polar surface area (TPSA) is 78.7 Å². The molecule has 0 fully saturated rings. The fourth-order valence-electron chi connectivity index (χ4n) is 2.12. The average molecular weight is 284 g/mol. The molecule has 0 radical (unpaired) electrons. The number of imidazole rings is 1. The number of primary amides is 1. The standard InChI is InChI=1S/C12H18ClN5O/c1-7-9-10(17(4)16-7)18(8(5-13)15-9)6-12(2,3)11(14)19/h5-6H2,1-4H3,(H2,14,19). The predicted molar refractivity (Wildman–Crippen MR) is 73.8 cm³/mol. The number of rotatable bonds is 4. The van der Waals surface area contributed by atoms with E-state index in [0.29, 0.717) is 6.54 Å². The summed E-state index contributed by atoms with van der Waals surface area (Å²) >= 11 is 5.94. The van der Waals surface area contributed by atoms with Crippen LogP contribution in [-0.4, -0.2) is 25.2 Å². The van der Waals surface area contributed by atoms with E-state index in [9.17, 15) is 4.79 Å². The molecule has 2 heterocycles. The van der Waals surface area contributed by atoms with Crippen molar-refractivity contribution < 1.29 is 4.79 Å². The summed E-state index contributed by atoms with van der Waals surface area (Å²) in [7, 11) is 1.85. The highest BCUT2D eigenvalue weighted by atomic mass is 35.5. The van der Waals surface area contributed by atoms with Crippen LogP contribution in [0.1, 0.15) is 25.4 Å². The number of amides is 1. The number of carbonyl (C=O) groups is 1. The Labute approximate surface area is 116 Å². The lowest BCUT2D eigenvalue weighted by Crippen LogP contribution is -2.36. The average Bonchev–Trinajstić information content (AvgIpc) is 2.78. The second-order valence-electron chi connectivity index (χ2n) is 5.38. The number of nitrogens with two attached hydrogens (primary N) is 1. The van der Waals surface area contributed by atoms with Crippen LogP contribution in [0.3, 0.4) is 0 Å². The van der Waals surface area contributed by atoms with E-state index in [1.54, 1.807) is 4.68 Å². The fraction of sp³-hybridized carbons (Fsp3) is 0.583. The molecule has 19 heavy (non-hydrogen) atoms. The van der Waals surface area contributed by atoms with Gasteiger partial charge in [0.15, 0.2) is 5.65 Å². The van der Waals surface area contributed by atoms with Gasteiger partial charge in [0, 0.05) is 13.6 Å². The molecule has 0 aliphatic heterocycles. The van der Waals surface area contributed by atoms with Crippen molar-refractivity contribution in [2.24, 2.45) is 18.2 Å². The van der Waals surface area contributed by atoms with Crippen LogP contribution in [0.5, 0.6) is 0 Å². The highest BCUT2D eigenvalue weighted by Gasteiger charge is 2.28. The van der Waals surface area contributed by atoms with Crippen LogP contribution in [-0.2, 0) is 24.3 Å². The SMILES string of the molecule is Cc1nn(C)c2c1nc(CCl)n2CC(C)(C)C(N)=O. The molecule has 2 rings (SSSR count). The molecule has 0 atom stereocenters. The highest BCUT2D eigenvalue weighted by molar-refractivity contribution is 6.16. The maximum Gasteiger partial charge on any atom is 0.224 e. The van der Waals surface area contributed by atoms with Crippen molar-refractivity contribution in [1.82, 2.24) is 19.3 Å². The van der Waals surface area contributed by atoms with Crippen LogP contribution in [0.4, 0.5) is 0 Å². The number of carbonyl (C=O) groups excluding carboxylic acids is 1. The third-order valence-corrected chi connectivity index (χ3v) is 3.55. The first-order valence-corrected chi connectivity index (χ1v) is 6.56. The molecule has 0 saturated carbocycles. The van der Waals surface area contributed by atoms with Gasteiger partial charge in [-0.3, -0.25) is 9.48 Å². The summed E-state index contributed by atoms with van der Waals surface area (Å²) in [6.45, 7) is 5.95. The molecule has 104 valence electrons. The van der Waals surface area contributed by atoms with Crippen LogP contribution in [0.2, 0.25) is 0 Å².